The Bertz CT molecular complexity index is 565. The van der Waals surface area contributed by atoms with Crippen molar-refractivity contribution in [2.45, 2.75) is 39.3 Å². The first-order chi connectivity index (χ1) is 9.67. The number of fused-ring (bicyclic) bond motifs is 1. The topological polar surface area (TPSA) is 28.2 Å². The predicted octanol–water partition coefficient (Wildman–Crippen LogP) is 3.58. The standard InChI is InChI=1S/C17H25N3/c1-5-8-13(2)20(4)17-11-14(12-18-3)19-16-10-7-6-9-15(16)17/h6-7,9-11,13,18H,5,8,12H2,1-4H3. The Balaban J connectivity index is 2.48. The minimum atomic E-state index is 0.535. The van der Waals surface area contributed by atoms with Gasteiger partial charge in [0.2, 0.25) is 0 Å². The summed E-state index contributed by atoms with van der Waals surface area (Å²) in [6.07, 6.45) is 2.41. The number of nitrogens with one attached hydrogen (secondary N) is 1. The number of para-hydroxylation sites is 1. The summed E-state index contributed by atoms with van der Waals surface area (Å²) in [6, 6.07) is 11.1. The third-order valence-corrected chi connectivity index (χ3v) is 3.85. The van der Waals surface area contributed by atoms with Gasteiger partial charge in [-0.05, 0) is 32.5 Å². The van der Waals surface area contributed by atoms with E-state index in [-0.39, 0.29) is 0 Å². The van der Waals surface area contributed by atoms with Crippen molar-refractivity contribution >= 4 is 16.6 Å². The van der Waals surface area contributed by atoms with Gasteiger partial charge in [-0.1, -0.05) is 31.5 Å². The largest absolute Gasteiger partial charge is 0.371 e. The molecule has 1 aromatic heterocycles. The van der Waals surface area contributed by atoms with Gasteiger partial charge in [0, 0.05) is 30.7 Å². The lowest BCUT2D eigenvalue weighted by Crippen LogP contribution is -2.29. The molecule has 0 radical (unpaired) electrons. The quantitative estimate of drug-likeness (QED) is 0.870. The second-order valence-corrected chi connectivity index (χ2v) is 5.43. The molecule has 20 heavy (non-hydrogen) atoms. The van der Waals surface area contributed by atoms with Crippen molar-refractivity contribution in [3.8, 4) is 0 Å². The van der Waals surface area contributed by atoms with Gasteiger partial charge in [0.15, 0.2) is 0 Å². The zero-order chi connectivity index (χ0) is 14.5. The molecule has 0 saturated heterocycles. The summed E-state index contributed by atoms with van der Waals surface area (Å²) in [4.78, 5) is 7.11. The van der Waals surface area contributed by atoms with Gasteiger partial charge in [-0.15, -0.1) is 0 Å². The SMILES string of the molecule is CCCC(C)N(C)c1cc(CNC)nc2ccccc12. The molecule has 1 heterocycles. The monoisotopic (exact) mass is 271 g/mol. The Kier molecular flexibility index (Phi) is 4.96. The molecule has 1 unspecified atom stereocenters. The van der Waals surface area contributed by atoms with Gasteiger partial charge in [-0.2, -0.15) is 0 Å². The molecule has 2 aromatic rings. The van der Waals surface area contributed by atoms with Gasteiger partial charge < -0.3 is 10.2 Å². The Morgan fingerprint density at radius 1 is 1.30 bits per heavy atom. The fourth-order valence-electron chi connectivity index (χ4n) is 2.62. The highest BCUT2D eigenvalue weighted by Crippen LogP contribution is 2.28. The Morgan fingerprint density at radius 2 is 2.05 bits per heavy atom. The number of anilines is 1. The van der Waals surface area contributed by atoms with Gasteiger partial charge in [-0.3, -0.25) is 4.98 Å². The molecule has 0 aliphatic rings. The second-order valence-electron chi connectivity index (χ2n) is 5.43. The Morgan fingerprint density at radius 3 is 2.75 bits per heavy atom. The molecule has 1 atom stereocenters. The molecule has 1 N–H and O–H groups in total. The third-order valence-electron chi connectivity index (χ3n) is 3.85. The number of hydrogen-bond donors (Lipinski definition) is 1. The van der Waals surface area contributed by atoms with Crippen LogP contribution in [0.3, 0.4) is 0 Å². The normalized spacial score (nSPS) is 12.6. The average molecular weight is 271 g/mol. The number of benzene rings is 1. The van der Waals surface area contributed by atoms with Crippen LogP contribution in [-0.4, -0.2) is 25.1 Å². The smallest absolute Gasteiger partial charge is 0.0726 e. The first-order valence-corrected chi connectivity index (χ1v) is 7.43. The van der Waals surface area contributed by atoms with E-state index in [1.54, 1.807) is 0 Å². The van der Waals surface area contributed by atoms with E-state index in [9.17, 15) is 0 Å². The van der Waals surface area contributed by atoms with E-state index in [1.807, 2.05) is 7.05 Å². The van der Waals surface area contributed by atoms with Crippen LogP contribution in [-0.2, 0) is 6.54 Å². The molecule has 2 rings (SSSR count). The van der Waals surface area contributed by atoms with Crippen LogP contribution in [0.1, 0.15) is 32.4 Å². The number of aromatic nitrogens is 1. The van der Waals surface area contributed by atoms with Crippen LogP contribution in [0.4, 0.5) is 5.69 Å². The van der Waals surface area contributed by atoms with Crippen LogP contribution in [0.2, 0.25) is 0 Å². The third kappa shape index (κ3) is 3.10. The van der Waals surface area contributed by atoms with Crippen LogP contribution >= 0.6 is 0 Å². The van der Waals surface area contributed by atoms with Crippen molar-refractivity contribution in [1.29, 1.82) is 0 Å². The van der Waals surface area contributed by atoms with Crippen molar-refractivity contribution in [2.24, 2.45) is 0 Å². The molecule has 1 aromatic carbocycles. The van der Waals surface area contributed by atoms with Crippen molar-refractivity contribution in [1.82, 2.24) is 10.3 Å². The van der Waals surface area contributed by atoms with Gasteiger partial charge in [0.25, 0.3) is 0 Å². The lowest BCUT2D eigenvalue weighted by molar-refractivity contribution is 0.617. The maximum atomic E-state index is 4.72. The first-order valence-electron chi connectivity index (χ1n) is 7.43. The number of hydrogen-bond acceptors (Lipinski definition) is 3. The van der Waals surface area contributed by atoms with Gasteiger partial charge >= 0.3 is 0 Å². The summed E-state index contributed by atoms with van der Waals surface area (Å²) in [5.41, 5.74) is 3.45. The fourth-order valence-corrected chi connectivity index (χ4v) is 2.62. The summed E-state index contributed by atoms with van der Waals surface area (Å²) in [5.74, 6) is 0. The minimum absolute atomic E-state index is 0.535. The highest BCUT2D eigenvalue weighted by atomic mass is 15.1. The molecular weight excluding hydrogens is 246 g/mol. The Hall–Kier alpha value is -1.61. The van der Waals surface area contributed by atoms with Crippen LogP contribution in [0.5, 0.6) is 0 Å². The molecule has 0 fully saturated rings. The number of pyridine rings is 1. The molecule has 108 valence electrons. The summed E-state index contributed by atoms with van der Waals surface area (Å²) in [6.45, 7) is 5.33. The van der Waals surface area contributed by atoms with Crippen molar-refractivity contribution in [3.63, 3.8) is 0 Å². The highest BCUT2D eigenvalue weighted by Gasteiger charge is 2.13. The molecule has 0 saturated carbocycles. The highest BCUT2D eigenvalue weighted by molar-refractivity contribution is 5.92. The summed E-state index contributed by atoms with van der Waals surface area (Å²) in [7, 11) is 4.14. The predicted molar refractivity (Wildman–Crippen MR) is 87.3 cm³/mol. The summed E-state index contributed by atoms with van der Waals surface area (Å²) < 4.78 is 0. The maximum absolute atomic E-state index is 4.72. The molecule has 0 spiro atoms. The van der Waals surface area contributed by atoms with E-state index < -0.39 is 0 Å². The molecule has 0 amide bonds. The van der Waals surface area contributed by atoms with Crippen LogP contribution < -0.4 is 10.2 Å². The first kappa shape index (κ1) is 14.8. The zero-order valence-corrected chi connectivity index (χ0v) is 13.0. The fraction of sp³-hybridized carbons (Fsp3) is 0.471. The molecule has 3 heteroatoms. The van der Waals surface area contributed by atoms with Crippen molar-refractivity contribution in [3.05, 3.63) is 36.0 Å². The molecular formula is C17H25N3. The number of nitrogens with zero attached hydrogens (tertiary/aromatic N) is 2. The maximum Gasteiger partial charge on any atom is 0.0726 e. The van der Waals surface area contributed by atoms with Crippen LogP contribution in [0.15, 0.2) is 30.3 Å². The van der Waals surface area contributed by atoms with Crippen molar-refractivity contribution < 1.29 is 0 Å². The van der Waals surface area contributed by atoms with Crippen LogP contribution in [0.25, 0.3) is 10.9 Å². The molecule has 0 bridgehead atoms. The average Bonchev–Trinajstić information content (AvgIpc) is 2.46. The minimum Gasteiger partial charge on any atom is -0.371 e. The van der Waals surface area contributed by atoms with E-state index in [0.29, 0.717) is 6.04 Å². The van der Waals surface area contributed by atoms with E-state index in [4.69, 9.17) is 4.98 Å². The van der Waals surface area contributed by atoms with Gasteiger partial charge in [0.05, 0.1) is 11.2 Å². The molecule has 3 nitrogen and oxygen atoms in total. The second kappa shape index (κ2) is 6.71. The van der Waals surface area contributed by atoms with Crippen LogP contribution in [0, 0.1) is 0 Å². The lowest BCUT2D eigenvalue weighted by Gasteiger charge is -2.28. The Labute approximate surface area is 122 Å². The summed E-state index contributed by atoms with van der Waals surface area (Å²) in [5, 5.41) is 4.42. The number of rotatable bonds is 6. The summed E-state index contributed by atoms with van der Waals surface area (Å²) >= 11 is 0. The van der Waals surface area contributed by atoms with Gasteiger partial charge in [0.1, 0.15) is 0 Å². The van der Waals surface area contributed by atoms with E-state index in [2.05, 4.69) is 61.4 Å². The van der Waals surface area contributed by atoms with E-state index in [0.717, 1.165) is 17.8 Å². The van der Waals surface area contributed by atoms with E-state index >= 15 is 0 Å². The lowest BCUT2D eigenvalue weighted by atomic mass is 10.1. The molecule has 0 aliphatic heterocycles. The zero-order valence-electron chi connectivity index (χ0n) is 13.0. The molecule has 0 aliphatic carbocycles. The van der Waals surface area contributed by atoms with Gasteiger partial charge in [-0.25, -0.2) is 0 Å². The van der Waals surface area contributed by atoms with Crippen molar-refractivity contribution in [2.75, 3.05) is 19.0 Å². The van der Waals surface area contributed by atoms with E-state index in [1.165, 1.54) is 23.9 Å².